The van der Waals surface area contributed by atoms with Crippen molar-refractivity contribution in [2.24, 2.45) is 0 Å². The molecular formula is C19H14Cl2FN3O3. The molecule has 2 amide bonds. The summed E-state index contributed by atoms with van der Waals surface area (Å²) < 4.78 is 19.4. The second-order valence-corrected chi connectivity index (χ2v) is 6.60. The number of halogens is 3. The Morgan fingerprint density at radius 2 is 1.86 bits per heavy atom. The lowest BCUT2D eigenvalue weighted by Crippen LogP contribution is -2.19. The summed E-state index contributed by atoms with van der Waals surface area (Å²) in [5.74, 6) is -1.45. The second-order valence-electron chi connectivity index (χ2n) is 5.79. The van der Waals surface area contributed by atoms with Crippen molar-refractivity contribution < 1.29 is 18.5 Å². The SMILES string of the molecule is CNC(=O)c1cc(NC(=O)c2c(-c3c(F)cccc3Cl)noc2C)ccc1Cl. The molecule has 3 aromatic rings. The van der Waals surface area contributed by atoms with Crippen LogP contribution < -0.4 is 10.6 Å². The van der Waals surface area contributed by atoms with Crippen LogP contribution in [0.4, 0.5) is 10.1 Å². The first-order chi connectivity index (χ1) is 13.3. The molecule has 0 bridgehead atoms. The van der Waals surface area contributed by atoms with Crippen molar-refractivity contribution in [3.8, 4) is 11.3 Å². The van der Waals surface area contributed by atoms with Gasteiger partial charge in [0, 0.05) is 12.7 Å². The quantitative estimate of drug-likeness (QED) is 0.638. The Bertz CT molecular complexity index is 1060. The third kappa shape index (κ3) is 3.72. The van der Waals surface area contributed by atoms with E-state index < -0.39 is 17.6 Å². The number of carbonyl (C=O) groups is 2. The zero-order chi connectivity index (χ0) is 20.4. The maximum atomic E-state index is 14.3. The number of nitrogens with one attached hydrogen (secondary N) is 2. The molecule has 2 aromatic carbocycles. The van der Waals surface area contributed by atoms with Gasteiger partial charge in [-0.1, -0.05) is 34.4 Å². The van der Waals surface area contributed by atoms with Crippen LogP contribution in [0, 0.1) is 12.7 Å². The second kappa shape index (κ2) is 8.00. The Labute approximate surface area is 169 Å². The largest absolute Gasteiger partial charge is 0.360 e. The first-order valence-electron chi connectivity index (χ1n) is 8.07. The van der Waals surface area contributed by atoms with Crippen LogP contribution in [-0.4, -0.2) is 24.0 Å². The number of anilines is 1. The van der Waals surface area contributed by atoms with Crippen LogP contribution in [0.25, 0.3) is 11.3 Å². The standard InChI is InChI=1S/C19H14Cl2FN3O3/c1-9-15(17(25-28-9)16-13(21)4-3-5-14(16)22)19(27)24-10-6-7-12(20)11(8-10)18(26)23-2/h3-8H,1-2H3,(H,23,26)(H,24,27). The molecular weight excluding hydrogens is 408 g/mol. The van der Waals surface area contributed by atoms with Gasteiger partial charge in [0.1, 0.15) is 22.8 Å². The lowest BCUT2D eigenvalue weighted by Gasteiger charge is -2.09. The van der Waals surface area contributed by atoms with Crippen LogP contribution in [-0.2, 0) is 0 Å². The van der Waals surface area contributed by atoms with Crippen molar-refractivity contribution in [3.05, 3.63) is 69.1 Å². The highest BCUT2D eigenvalue weighted by Gasteiger charge is 2.25. The highest BCUT2D eigenvalue weighted by atomic mass is 35.5. The summed E-state index contributed by atoms with van der Waals surface area (Å²) in [6.07, 6.45) is 0. The number of carbonyl (C=O) groups excluding carboxylic acids is 2. The number of aromatic nitrogens is 1. The zero-order valence-corrected chi connectivity index (χ0v) is 16.3. The minimum absolute atomic E-state index is 0.0152. The van der Waals surface area contributed by atoms with Gasteiger partial charge in [-0.15, -0.1) is 0 Å². The van der Waals surface area contributed by atoms with Crippen molar-refractivity contribution in [2.75, 3.05) is 12.4 Å². The van der Waals surface area contributed by atoms with Gasteiger partial charge in [0.25, 0.3) is 11.8 Å². The van der Waals surface area contributed by atoms with E-state index in [-0.39, 0.29) is 38.2 Å². The molecule has 0 radical (unpaired) electrons. The topological polar surface area (TPSA) is 84.2 Å². The summed E-state index contributed by atoms with van der Waals surface area (Å²) in [7, 11) is 1.47. The Balaban J connectivity index is 1.99. The number of hydrogen-bond acceptors (Lipinski definition) is 4. The third-order valence-electron chi connectivity index (χ3n) is 3.99. The number of hydrogen-bond donors (Lipinski definition) is 2. The van der Waals surface area contributed by atoms with Crippen molar-refractivity contribution >= 4 is 40.7 Å². The van der Waals surface area contributed by atoms with E-state index in [1.165, 1.54) is 50.4 Å². The lowest BCUT2D eigenvalue weighted by molar-refractivity contribution is 0.0961. The first-order valence-corrected chi connectivity index (χ1v) is 8.82. The zero-order valence-electron chi connectivity index (χ0n) is 14.8. The van der Waals surface area contributed by atoms with Crippen LogP contribution in [0.2, 0.25) is 10.0 Å². The van der Waals surface area contributed by atoms with Crippen LogP contribution in [0.3, 0.4) is 0 Å². The maximum absolute atomic E-state index is 14.3. The van der Waals surface area contributed by atoms with Gasteiger partial charge in [0.15, 0.2) is 0 Å². The Morgan fingerprint density at radius 3 is 2.54 bits per heavy atom. The molecule has 0 spiro atoms. The van der Waals surface area contributed by atoms with E-state index in [1.807, 2.05) is 0 Å². The van der Waals surface area contributed by atoms with Crippen LogP contribution >= 0.6 is 23.2 Å². The molecule has 3 rings (SSSR count). The number of amides is 2. The summed E-state index contributed by atoms with van der Waals surface area (Å²) >= 11 is 12.1. The maximum Gasteiger partial charge on any atom is 0.261 e. The summed E-state index contributed by atoms with van der Waals surface area (Å²) in [5.41, 5.74) is 0.496. The van der Waals surface area contributed by atoms with Crippen LogP contribution in [0.15, 0.2) is 40.9 Å². The number of rotatable bonds is 4. The molecule has 2 N–H and O–H groups in total. The van der Waals surface area contributed by atoms with Crippen molar-refractivity contribution in [1.29, 1.82) is 0 Å². The summed E-state index contributed by atoms with van der Waals surface area (Å²) in [6, 6.07) is 8.59. The first kappa shape index (κ1) is 19.9. The van der Waals surface area contributed by atoms with E-state index in [9.17, 15) is 14.0 Å². The Kier molecular flexibility index (Phi) is 5.67. The summed E-state index contributed by atoms with van der Waals surface area (Å²) in [6.45, 7) is 1.53. The normalized spacial score (nSPS) is 10.6. The van der Waals surface area contributed by atoms with Crippen molar-refractivity contribution in [2.45, 2.75) is 6.92 Å². The molecule has 1 aromatic heterocycles. The Hall–Kier alpha value is -2.90. The van der Waals surface area contributed by atoms with E-state index in [0.717, 1.165) is 0 Å². The predicted molar refractivity (Wildman–Crippen MR) is 104 cm³/mol. The number of benzene rings is 2. The fraction of sp³-hybridized carbons (Fsp3) is 0.105. The molecule has 6 nitrogen and oxygen atoms in total. The minimum atomic E-state index is -0.636. The van der Waals surface area contributed by atoms with E-state index in [0.29, 0.717) is 5.69 Å². The molecule has 0 aliphatic rings. The van der Waals surface area contributed by atoms with Gasteiger partial charge < -0.3 is 15.2 Å². The molecule has 0 fully saturated rings. The lowest BCUT2D eigenvalue weighted by atomic mass is 10.0. The molecule has 9 heteroatoms. The molecule has 144 valence electrons. The molecule has 0 atom stereocenters. The van der Waals surface area contributed by atoms with Gasteiger partial charge in [0.05, 0.1) is 21.2 Å². The number of nitrogens with zero attached hydrogens (tertiary/aromatic N) is 1. The molecule has 0 saturated heterocycles. The average Bonchev–Trinajstić information content (AvgIpc) is 3.03. The number of aryl methyl sites for hydroxylation is 1. The summed E-state index contributed by atoms with van der Waals surface area (Å²) in [5, 5.41) is 9.23. The molecule has 0 saturated carbocycles. The van der Waals surface area contributed by atoms with Gasteiger partial charge in [-0.05, 0) is 37.3 Å². The van der Waals surface area contributed by atoms with Crippen LogP contribution in [0.5, 0.6) is 0 Å². The minimum Gasteiger partial charge on any atom is -0.360 e. The fourth-order valence-electron chi connectivity index (χ4n) is 2.64. The van der Waals surface area contributed by atoms with E-state index >= 15 is 0 Å². The fourth-order valence-corrected chi connectivity index (χ4v) is 3.10. The van der Waals surface area contributed by atoms with Gasteiger partial charge in [-0.25, -0.2) is 4.39 Å². The average molecular weight is 422 g/mol. The highest BCUT2D eigenvalue weighted by Crippen LogP contribution is 2.34. The molecule has 28 heavy (non-hydrogen) atoms. The van der Waals surface area contributed by atoms with Gasteiger partial charge >= 0.3 is 0 Å². The van der Waals surface area contributed by atoms with Gasteiger partial charge in [-0.3, -0.25) is 9.59 Å². The smallest absolute Gasteiger partial charge is 0.261 e. The Morgan fingerprint density at radius 1 is 1.11 bits per heavy atom. The monoisotopic (exact) mass is 421 g/mol. The van der Waals surface area contributed by atoms with E-state index in [2.05, 4.69) is 15.8 Å². The van der Waals surface area contributed by atoms with Crippen molar-refractivity contribution in [3.63, 3.8) is 0 Å². The molecule has 0 unspecified atom stereocenters. The van der Waals surface area contributed by atoms with Crippen molar-refractivity contribution in [1.82, 2.24) is 10.5 Å². The van der Waals surface area contributed by atoms with Crippen LogP contribution in [0.1, 0.15) is 26.5 Å². The summed E-state index contributed by atoms with van der Waals surface area (Å²) in [4.78, 5) is 24.7. The molecule has 0 aliphatic heterocycles. The van der Waals surface area contributed by atoms with Gasteiger partial charge in [-0.2, -0.15) is 0 Å². The molecule has 1 heterocycles. The van der Waals surface area contributed by atoms with E-state index in [4.69, 9.17) is 27.7 Å². The van der Waals surface area contributed by atoms with E-state index in [1.54, 1.807) is 0 Å². The highest BCUT2D eigenvalue weighted by molar-refractivity contribution is 6.34. The predicted octanol–water partition coefficient (Wildman–Crippen LogP) is 4.71. The third-order valence-corrected chi connectivity index (χ3v) is 4.63. The molecule has 0 aliphatic carbocycles. The van der Waals surface area contributed by atoms with Gasteiger partial charge in [0.2, 0.25) is 0 Å².